The van der Waals surface area contributed by atoms with Crippen LogP contribution in [0.15, 0.2) is 82.2 Å². The molecule has 3 aromatic carbocycles. The van der Waals surface area contributed by atoms with E-state index in [1.165, 1.54) is 12.3 Å². The molecule has 0 saturated heterocycles. The van der Waals surface area contributed by atoms with E-state index in [4.69, 9.17) is 25.5 Å². The fourth-order valence-electron chi connectivity index (χ4n) is 2.89. The van der Waals surface area contributed by atoms with Gasteiger partial charge in [-0.05, 0) is 54.1 Å². The van der Waals surface area contributed by atoms with E-state index < -0.39 is 5.97 Å². The molecule has 0 fully saturated rings. The molecule has 4 aromatic rings. The fraction of sp³-hybridized carbons (Fsp3) is 0.0435. The average molecular weight is 407 g/mol. The third kappa shape index (κ3) is 3.86. The Morgan fingerprint density at radius 2 is 1.62 bits per heavy atom. The number of ether oxygens (including phenoxy) is 2. The van der Waals surface area contributed by atoms with Gasteiger partial charge in [0.2, 0.25) is 0 Å². The van der Waals surface area contributed by atoms with Gasteiger partial charge < -0.3 is 13.9 Å². The Kier molecular flexibility index (Phi) is 5.06. The molecular formula is C23H15ClO5. The topological polar surface area (TPSA) is 65.7 Å². The highest BCUT2D eigenvalue weighted by atomic mass is 35.5. The number of benzene rings is 3. The van der Waals surface area contributed by atoms with Gasteiger partial charge in [0.05, 0.1) is 23.6 Å². The predicted molar refractivity (Wildman–Crippen MR) is 111 cm³/mol. The molecule has 0 bridgehead atoms. The normalized spacial score (nSPS) is 10.7. The first kappa shape index (κ1) is 18.8. The minimum Gasteiger partial charge on any atom is -0.497 e. The largest absolute Gasteiger partial charge is 0.497 e. The van der Waals surface area contributed by atoms with E-state index in [1.807, 2.05) is 0 Å². The second-order valence-electron chi connectivity index (χ2n) is 6.26. The molecule has 0 saturated carbocycles. The summed E-state index contributed by atoms with van der Waals surface area (Å²) in [5, 5.41) is 0.976. The lowest BCUT2D eigenvalue weighted by atomic mass is 10.1. The summed E-state index contributed by atoms with van der Waals surface area (Å²) in [5.74, 6) is 0.401. The maximum Gasteiger partial charge on any atom is 0.343 e. The van der Waals surface area contributed by atoms with Crippen LogP contribution in [-0.2, 0) is 0 Å². The number of esters is 1. The van der Waals surface area contributed by atoms with Crippen LogP contribution in [0.2, 0.25) is 5.02 Å². The van der Waals surface area contributed by atoms with Gasteiger partial charge in [0, 0.05) is 11.1 Å². The van der Waals surface area contributed by atoms with Gasteiger partial charge in [0.15, 0.2) is 5.43 Å². The number of carbonyl (C=O) groups is 1. The monoisotopic (exact) mass is 406 g/mol. The van der Waals surface area contributed by atoms with E-state index in [0.29, 0.717) is 38.4 Å². The number of rotatable bonds is 4. The zero-order chi connectivity index (χ0) is 20.4. The number of carbonyl (C=O) groups excluding carboxylic acids is 1. The summed E-state index contributed by atoms with van der Waals surface area (Å²) in [4.78, 5) is 25.1. The summed E-state index contributed by atoms with van der Waals surface area (Å²) in [7, 11) is 1.55. The molecule has 0 N–H and O–H groups in total. The standard InChI is InChI=1S/C23H15ClO5/c1-27-17-8-4-15(5-9-17)23(26)29-18-10-11-19-21(12-18)28-13-20(22(19)25)14-2-6-16(24)7-3-14/h2-13H,1H3. The van der Waals surface area contributed by atoms with E-state index in [-0.39, 0.29) is 11.2 Å². The predicted octanol–water partition coefficient (Wildman–Crippen LogP) is 5.34. The molecule has 144 valence electrons. The Morgan fingerprint density at radius 3 is 2.31 bits per heavy atom. The highest BCUT2D eigenvalue weighted by Crippen LogP contribution is 2.25. The first-order valence-electron chi connectivity index (χ1n) is 8.73. The number of hydrogen-bond acceptors (Lipinski definition) is 5. The molecule has 29 heavy (non-hydrogen) atoms. The molecule has 0 atom stereocenters. The SMILES string of the molecule is COc1ccc(C(=O)Oc2ccc3c(=O)c(-c4ccc(Cl)cc4)coc3c2)cc1. The summed E-state index contributed by atoms with van der Waals surface area (Å²) in [5.41, 5.74) is 1.66. The molecule has 5 nitrogen and oxygen atoms in total. The lowest BCUT2D eigenvalue weighted by Crippen LogP contribution is -2.09. The van der Waals surface area contributed by atoms with E-state index >= 15 is 0 Å². The first-order valence-corrected chi connectivity index (χ1v) is 9.11. The summed E-state index contributed by atoms with van der Waals surface area (Å²) in [6, 6.07) is 18.2. The fourth-order valence-corrected chi connectivity index (χ4v) is 3.02. The summed E-state index contributed by atoms with van der Waals surface area (Å²) in [6.45, 7) is 0. The molecule has 4 rings (SSSR count). The molecule has 0 radical (unpaired) electrons. The Balaban J connectivity index is 1.62. The molecule has 1 aromatic heterocycles. The molecule has 0 amide bonds. The smallest absolute Gasteiger partial charge is 0.343 e. The van der Waals surface area contributed by atoms with Crippen LogP contribution in [0.3, 0.4) is 0 Å². The van der Waals surface area contributed by atoms with Crippen molar-refractivity contribution >= 4 is 28.5 Å². The van der Waals surface area contributed by atoms with Crippen LogP contribution in [0.1, 0.15) is 10.4 Å². The first-order chi connectivity index (χ1) is 14.0. The molecule has 0 unspecified atom stereocenters. The summed E-state index contributed by atoms with van der Waals surface area (Å²) in [6.07, 6.45) is 1.39. The van der Waals surface area contributed by atoms with Crippen molar-refractivity contribution in [2.45, 2.75) is 0 Å². The molecule has 0 aliphatic carbocycles. The second-order valence-corrected chi connectivity index (χ2v) is 6.70. The summed E-state index contributed by atoms with van der Waals surface area (Å²) >= 11 is 5.90. The van der Waals surface area contributed by atoms with Crippen LogP contribution in [-0.4, -0.2) is 13.1 Å². The highest BCUT2D eigenvalue weighted by molar-refractivity contribution is 6.30. The van der Waals surface area contributed by atoms with Crippen molar-refractivity contribution in [3.8, 4) is 22.6 Å². The van der Waals surface area contributed by atoms with Gasteiger partial charge in [-0.25, -0.2) is 4.79 Å². The maximum absolute atomic E-state index is 12.8. The van der Waals surface area contributed by atoms with Crippen LogP contribution in [0.25, 0.3) is 22.1 Å². The van der Waals surface area contributed by atoms with Crippen LogP contribution in [0.4, 0.5) is 0 Å². The lowest BCUT2D eigenvalue weighted by molar-refractivity contribution is 0.0735. The Hall–Kier alpha value is -3.57. The third-order valence-corrected chi connectivity index (χ3v) is 4.69. The molecule has 0 aliphatic heterocycles. The summed E-state index contributed by atoms with van der Waals surface area (Å²) < 4.78 is 16.1. The van der Waals surface area contributed by atoms with Crippen molar-refractivity contribution in [2.24, 2.45) is 0 Å². The van der Waals surface area contributed by atoms with Gasteiger partial charge in [0.25, 0.3) is 0 Å². The van der Waals surface area contributed by atoms with Gasteiger partial charge >= 0.3 is 5.97 Å². The van der Waals surface area contributed by atoms with E-state index in [2.05, 4.69) is 0 Å². The molecule has 0 aliphatic rings. The third-order valence-electron chi connectivity index (χ3n) is 4.44. The maximum atomic E-state index is 12.8. The van der Waals surface area contributed by atoms with Crippen molar-refractivity contribution in [1.29, 1.82) is 0 Å². The van der Waals surface area contributed by atoms with Crippen LogP contribution in [0.5, 0.6) is 11.5 Å². The van der Waals surface area contributed by atoms with E-state index in [0.717, 1.165) is 0 Å². The van der Waals surface area contributed by atoms with E-state index in [9.17, 15) is 9.59 Å². The van der Waals surface area contributed by atoms with Crippen LogP contribution in [0, 0.1) is 0 Å². The van der Waals surface area contributed by atoms with Gasteiger partial charge in [0.1, 0.15) is 23.3 Å². The van der Waals surface area contributed by atoms with Crippen molar-refractivity contribution < 1.29 is 18.7 Å². The van der Waals surface area contributed by atoms with E-state index in [1.54, 1.807) is 67.8 Å². The molecule has 0 spiro atoms. The number of methoxy groups -OCH3 is 1. The Bertz CT molecular complexity index is 1240. The Morgan fingerprint density at radius 1 is 0.931 bits per heavy atom. The van der Waals surface area contributed by atoms with Crippen LogP contribution < -0.4 is 14.9 Å². The van der Waals surface area contributed by atoms with Crippen LogP contribution >= 0.6 is 11.6 Å². The minimum atomic E-state index is -0.521. The average Bonchev–Trinajstić information content (AvgIpc) is 2.75. The number of halogens is 1. The van der Waals surface area contributed by atoms with Gasteiger partial charge in [-0.2, -0.15) is 0 Å². The number of fused-ring (bicyclic) bond motifs is 1. The zero-order valence-electron chi connectivity index (χ0n) is 15.3. The lowest BCUT2D eigenvalue weighted by Gasteiger charge is -2.07. The molecular weight excluding hydrogens is 392 g/mol. The Labute approximate surface area is 171 Å². The van der Waals surface area contributed by atoms with Gasteiger partial charge in [-0.1, -0.05) is 23.7 Å². The quantitative estimate of drug-likeness (QED) is 0.338. The number of hydrogen-bond donors (Lipinski definition) is 0. The highest BCUT2D eigenvalue weighted by Gasteiger charge is 2.13. The molecule has 1 heterocycles. The molecule has 6 heteroatoms. The van der Waals surface area contributed by atoms with Crippen molar-refractivity contribution in [1.82, 2.24) is 0 Å². The van der Waals surface area contributed by atoms with Crippen molar-refractivity contribution in [3.05, 3.63) is 93.8 Å². The minimum absolute atomic E-state index is 0.179. The van der Waals surface area contributed by atoms with Crippen molar-refractivity contribution in [3.63, 3.8) is 0 Å². The van der Waals surface area contributed by atoms with Crippen molar-refractivity contribution in [2.75, 3.05) is 7.11 Å². The second kappa shape index (κ2) is 7.81. The van der Waals surface area contributed by atoms with Gasteiger partial charge in [-0.15, -0.1) is 0 Å². The van der Waals surface area contributed by atoms with Gasteiger partial charge in [-0.3, -0.25) is 4.79 Å². The zero-order valence-corrected chi connectivity index (χ0v) is 16.1.